The lowest BCUT2D eigenvalue weighted by atomic mass is 9.88. The largest absolute Gasteiger partial charge is 0.395 e. The van der Waals surface area contributed by atoms with Crippen LogP contribution in [0.1, 0.15) is 23.1 Å². The molecule has 0 aliphatic heterocycles. The molecule has 21 heavy (non-hydrogen) atoms. The predicted molar refractivity (Wildman–Crippen MR) is 86.4 cm³/mol. The monoisotopic (exact) mass is 281 g/mol. The highest BCUT2D eigenvalue weighted by molar-refractivity contribution is 5.30. The molecule has 0 aromatic heterocycles. The van der Waals surface area contributed by atoms with Crippen LogP contribution < -0.4 is 5.32 Å². The first-order valence-corrected chi connectivity index (χ1v) is 7.83. The van der Waals surface area contributed by atoms with Crippen molar-refractivity contribution in [2.45, 2.75) is 37.8 Å². The maximum atomic E-state index is 9.65. The summed E-state index contributed by atoms with van der Waals surface area (Å²) in [5.41, 5.74) is 4.22. The molecule has 2 nitrogen and oxygen atoms in total. The molecule has 1 aliphatic rings. The van der Waals surface area contributed by atoms with E-state index in [4.69, 9.17) is 0 Å². The lowest BCUT2D eigenvalue weighted by Gasteiger charge is -2.29. The number of hydrogen-bond donors (Lipinski definition) is 2. The zero-order chi connectivity index (χ0) is 14.5. The van der Waals surface area contributed by atoms with Crippen LogP contribution in [-0.2, 0) is 19.3 Å². The third-order valence-corrected chi connectivity index (χ3v) is 4.36. The lowest BCUT2D eigenvalue weighted by molar-refractivity contribution is 0.225. The zero-order valence-corrected chi connectivity index (χ0v) is 12.3. The number of fused-ring (bicyclic) bond motifs is 1. The standard InChI is InChI=1S/C19H23NO/c21-14-19(12-15-6-2-1-3-7-15)20-18-11-10-16-8-4-5-9-17(16)13-18/h1-9,18-21H,10-14H2/t18?,19-/m0/s1. The van der Waals surface area contributed by atoms with Crippen molar-refractivity contribution in [3.05, 3.63) is 71.3 Å². The van der Waals surface area contributed by atoms with Gasteiger partial charge in [-0.05, 0) is 42.4 Å². The van der Waals surface area contributed by atoms with Crippen LogP contribution in [0.15, 0.2) is 54.6 Å². The summed E-state index contributed by atoms with van der Waals surface area (Å²) in [5.74, 6) is 0. The first-order chi connectivity index (χ1) is 10.3. The Kier molecular flexibility index (Phi) is 4.69. The van der Waals surface area contributed by atoms with Crippen molar-refractivity contribution in [2.75, 3.05) is 6.61 Å². The van der Waals surface area contributed by atoms with Gasteiger partial charge >= 0.3 is 0 Å². The molecule has 0 amide bonds. The van der Waals surface area contributed by atoms with Crippen LogP contribution in [0.5, 0.6) is 0 Å². The Bertz CT molecular complexity index is 567. The summed E-state index contributed by atoms with van der Waals surface area (Å²) in [6, 6.07) is 19.7. The van der Waals surface area contributed by atoms with Crippen LogP contribution >= 0.6 is 0 Å². The quantitative estimate of drug-likeness (QED) is 0.883. The molecule has 0 saturated carbocycles. The molecule has 3 rings (SSSR count). The van der Waals surface area contributed by atoms with E-state index in [0.29, 0.717) is 6.04 Å². The lowest BCUT2D eigenvalue weighted by Crippen LogP contribution is -2.44. The Morgan fingerprint density at radius 2 is 1.71 bits per heavy atom. The van der Waals surface area contributed by atoms with E-state index in [1.165, 1.54) is 16.7 Å². The van der Waals surface area contributed by atoms with Crippen molar-refractivity contribution in [3.63, 3.8) is 0 Å². The normalized spacial score (nSPS) is 19.0. The number of rotatable bonds is 5. The molecule has 2 aromatic rings. The third kappa shape index (κ3) is 3.72. The van der Waals surface area contributed by atoms with Gasteiger partial charge in [0.05, 0.1) is 6.61 Å². The molecular formula is C19H23NO. The van der Waals surface area contributed by atoms with Crippen LogP contribution in [-0.4, -0.2) is 23.8 Å². The Balaban J connectivity index is 1.60. The second kappa shape index (κ2) is 6.88. The maximum absolute atomic E-state index is 9.65. The van der Waals surface area contributed by atoms with E-state index in [2.05, 4.69) is 53.8 Å². The highest BCUT2D eigenvalue weighted by Crippen LogP contribution is 2.21. The van der Waals surface area contributed by atoms with E-state index < -0.39 is 0 Å². The number of benzene rings is 2. The smallest absolute Gasteiger partial charge is 0.0587 e. The minimum atomic E-state index is 0.141. The van der Waals surface area contributed by atoms with Crippen molar-refractivity contribution in [1.82, 2.24) is 5.32 Å². The summed E-state index contributed by atoms with van der Waals surface area (Å²) >= 11 is 0. The molecule has 1 aliphatic carbocycles. The van der Waals surface area contributed by atoms with Crippen LogP contribution in [0.2, 0.25) is 0 Å². The van der Waals surface area contributed by atoms with Crippen LogP contribution in [0.3, 0.4) is 0 Å². The first-order valence-electron chi connectivity index (χ1n) is 7.83. The van der Waals surface area contributed by atoms with Gasteiger partial charge < -0.3 is 10.4 Å². The van der Waals surface area contributed by atoms with Crippen LogP contribution in [0.4, 0.5) is 0 Å². The number of hydrogen-bond acceptors (Lipinski definition) is 2. The van der Waals surface area contributed by atoms with Gasteiger partial charge in [-0.1, -0.05) is 54.6 Å². The average molecular weight is 281 g/mol. The average Bonchev–Trinajstić information content (AvgIpc) is 2.55. The summed E-state index contributed by atoms with van der Waals surface area (Å²) in [4.78, 5) is 0. The van der Waals surface area contributed by atoms with Crippen LogP contribution in [0, 0.1) is 0 Å². The molecule has 2 atom stereocenters. The van der Waals surface area contributed by atoms with Gasteiger partial charge in [-0.25, -0.2) is 0 Å². The fourth-order valence-corrected chi connectivity index (χ4v) is 3.25. The highest BCUT2D eigenvalue weighted by Gasteiger charge is 2.20. The Morgan fingerprint density at radius 3 is 2.48 bits per heavy atom. The molecule has 2 heteroatoms. The van der Waals surface area contributed by atoms with E-state index in [-0.39, 0.29) is 12.6 Å². The van der Waals surface area contributed by atoms with Gasteiger partial charge in [-0.2, -0.15) is 0 Å². The van der Waals surface area contributed by atoms with Crippen molar-refractivity contribution in [2.24, 2.45) is 0 Å². The van der Waals surface area contributed by atoms with Crippen molar-refractivity contribution < 1.29 is 5.11 Å². The molecule has 1 unspecified atom stereocenters. The summed E-state index contributed by atoms with van der Waals surface area (Å²) in [5, 5.41) is 13.3. The van der Waals surface area contributed by atoms with Crippen molar-refractivity contribution in [1.29, 1.82) is 0 Å². The van der Waals surface area contributed by atoms with E-state index in [0.717, 1.165) is 25.7 Å². The van der Waals surface area contributed by atoms with Gasteiger partial charge in [-0.15, -0.1) is 0 Å². The summed E-state index contributed by atoms with van der Waals surface area (Å²) < 4.78 is 0. The minimum absolute atomic E-state index is 0.141. The SMILES string of the molecule is OC[C@H](Cc1ccccc1)NC1CCc2ccccc2C1. The Morgan fingerprint density at radius 1 is 1.00 bits per heavy atom. The molecule has 0 spiro atoms. The van der Waals surface area contributed by atoms with Gasteiger partial charge in [0.1, 0.15) is 0 Å². The highest BCUT2D eigenvalue weighted by atomic mass is 16.3. The number of nitrogens with one attached hydrogen (secondary N) is 1. The van der Waals surface area contributed by atoms with Gasteiger partial charge in [0, 0.05) is 12.1 Å². The summed E-state index contributed by atoms with van der Waals surface area (Å²) in [6.45, 7) is 0.188. The zero-order valence-electron chi connectivity index (χ0n) is 12.3. The fourth-order valence-electron chi connectivity index (χ4n) is 3.25. The molecule has 0 bridgehead atoms. The number of aliphatic hydroxyl groups excluding tert-OH is 1. The van der Waals surface area contributed by atoms with Gasteiger partial charge in [0.2, 0.25) is 0 Å². The van der Waals surface area contributed by atoms with Gasteiger partial charge in [-0.3, -0.25) is 0 Å². The van der Waals surface area contributed by atoms with E-state index in [1.807, 2.05) is 6.07 Å². The first kappa shape index (κ1) is 14.3. The predicted octanol–water partition coefficient (Wildman–Crippen LogP) is 2.74. The van der Waals surface area contributed by atoms with E-state index >= 15 is 0 Å². The molecule has 2 N–H and O–H groups in total. The minimum Gasteiger partial charge on any atom is -0.395 e. The molecule has 2 aromatic carbocycles. The topological polar surface area (TPSA) is 32.3 Å². The molecule has 110 valence electrons. The Labute approximate surface area is 126 Å². The van der Waals surface area contributed by atoms with Gasteiger partial charge in [0.25, 0.3) is 0 Å². The van der Waals surface area contributed by atoms with Gasteiger partial charge in [0.15, 0.2) is 0 Å². The molecule has 0 fully saturated rings. The van der Waals surface area contributed by atoms with Crippen LogP contribution in [0.25, 0.3) is 0 Å². The second-order valence-corrected chi connectivity index (χ2v) is 5.94. The Hall–Kier alpha value is -1.64. The van der Waals surface area contributed by atoms with Crippen molar-refractivity contribution in [3.8, 4) is 0 Å². The summed E-state index contributed by atoms with van der Waals surface area (Å²) in [6.07, 6.45) is 4.25. The summed E-state index contributed by atoms with van der Waals surface area (Å²) in [7, 11) is 0. The van der Waals surface area contributed by atoms with Crippen molar-refractivity contribution >= 4 is 0 Å². The third-order valence-electron chi connectivity index (χ3n) is 4.36. The molecule has 0 saturated heterocycles. The molecule has 0 heterocycles. The second-order valence-electron chi connectivity index (χ2n) is 5.94. The molecular weight excluding hydrogens is 258 g/mol. The fraction of sp³-hybridized carbons (Fsp3) is 0.368. The molecule has 0 radical (unpaired) electrons. The van der Waals surface area contributed by atoms with E-state index in [1.54, 1.807) is 0 Å². The maximum Gasteiger partial charge on any atom is 0.0587 e. The number of aliphatic hydroxyl groups is 1. The number of aryl methyl sites for hydroxylation is 1. The van der Waals surface area contributed by atoms with E-state index in [9.17, 15) is 5.11 Å².